The minimum atomic E-state index is -0.573. The number of fused-ring (bicyclic) bond motifs is 1. The summed E-state index contributed by atoms with van der Waals surface area (Å²) in [5, 5.41) is 3.60. The van der Waals surface area contributed by atoms with Crippen molar-refractivity contribution in [3.8, 4) is 0 Å². The van der Waals surface area contributed by atoms with Gasteiger partial charge in [-0.2, -0.15) is 0 Å². The number of carbonyl (C=O) groups is 2. The summed E-state index contributed by atoms with van der Waals surface area (Å²) >= 11 is 0. The number of primary amides is 1. The number of rotatable bonds is 8. The maximum atomic E-state index is 12.9. The van der Waals surface area contributed by atoms with Gasteiger partial charge >= 0.3 is 6.03 Å². The highest BCUT2D eigenvalue weighted by molar-refractivity contribution is 5.94. The van der Waals surface area contributed by atoms with Crippen LogP contribution in [0.3, 0.4) is 0 Å². The maximum Gasteiger partial charge on any atom is 0.312 e. The molecule has 3 amide bonds. The van der Waals surface area contributed by atoms with Crippen LogP contribution < -0.4 is 11.1 Å². The standard InChI is InChI=1S/C23H27N3O3/c1-3-4-8-21-19(18-7-5-6-9-20(18)29-21)15-26(2)22(27)17-12-10-16(11-13-17)14-25-23(24)28/h5-7,9-13H,3-4,8,14-15H2,1-2H3,(H3,24,25,28). The first-order valence-corrected chi connectivity index (χ1v) is 9.86. The van der Waals surface area contributed by atoms with E-state index in [1.54, 1.807) is 24.1 Å². The van der Waals surface area contributed by atoms with Gasteiger partial charge in [-0.1, -0.05) is 43.7 Å². The van der Waals surface area contributed by atoms with Crippen molar-refractivity contribution in [2.24, 2.45) is 5.73 Å². The van der Waals surface area contributed by atoms with E-state index < -0.39 is 6.03 Å². The summed E-state index contributed by atoms with van der Waals surface area (Å²) in [4.78, 5) is 25.4. The fourth-order valence-electron chi connectivity index (χ4n) is 3.35. The van der Waals surface area contributed by atoms with Crippen molar-refractivity contribution in [2.75, 3.05) is 7.05 Å². The smallest absolute Gasteiger partial charge is 0.312 e. The Labute approximate surface area is 170 Å². The normalized spacial score (nSPS) is 10.8. The Morgan fingerprint density at radius 2 is 1.83 bits per heavy atom. The number of nitrogens with two attached hydrogens (primary N) is 1. The summed E-state index contributed by atoms with van der Waals surface area (Å²) in [5.74, 6) is 0.895. The van der Waals surface area contributed by atoms with Crippen LogP contribution in [0.2, 0.25) is 0 Å². The molecule has 0 radical (unpaired) electrons. The molecule has 3 N–H and O–H groups in total. The van der Waals surface area contributed by atoms with Gasteiger partial charge in [0.15, 0.2) is 0 Å². The zero-order chi connectivity index (χ0) is 20.8. The fourth-order valence-corrected chi connectivity index (χ4v) is 3.35. The average molecular weight is 393 g/mol. The van der Waals surface area contributed by atoms with E-state index in [9.17, 15) is 9.59 Å². The van der Waals surface area contributed by atoms with Gasteiger partial charge in [0, 0.05) is 43.1 Å². The lowest BCUT2D eigenvalue weighted by Crippen LogP contribution is -2.28. The van der Waals surface area contributed by atoms with Crippen LogP contribution in [0.5, 0.6) is 0 Å². The van der Waals surface area contributed by atoms with E-state index in [2.05, 4.69) is 12.2 Å². The number of para-hydroxylation sites is 1. The van der Waals surface area contributed by atoms with E-state index in [-0.39, 0.29) is 5.91 Å². The van der Waals surface area contributed by atoms with Crippen molar-refractivity contribution in [1.82, 2.24) is 10.2 Å². The number of nitrogens with one attached hydrogen (secondary N) is 1. The van der Waals surface area contributed by atoms with Crippen molar-refractivity contribution in [3.05, 3.63) is 71.0 Å². The minimum absolute atomic E-state index is 0.0638. The topological polar surface area (TPSA) is 88.6 Å². The molecule has 6 nitrogen and oxygen atoms in total. The highest BCUT2D eigenvalue weighted by Crippen LogP contribution is 2.28. The molecule has 0 saturated carbocycles. The molecule has 3 aromatic rings. The molecular weight excluding hydrogens is 366 g/mol. The van der Waals surface area contributed by atoms with Gasteiger partial charge in [0.25, 0.3) is 5.91 Å². The van der Waals surface area contributed by atoms with Crippen molar-refractivity contribution in [1.29, 1.82) is 0 Å². The average Bonchev–Trinajstić information content (AvgIpc) is 3.07. The predicted molar refractivity (Wildman–Crippen MR) is 113 cm³/mol. The fraction of sp³-hybridized carbons (Fsp3) is 0.304. The largest absolute Gasteiger partial charge is 0.461 e. The van der Waals surface area contributed by atoms with Crippen molar-refractivity contribution in [2.45, 2.75) is 39.3 Å². The van der Waals surface area contributed by atoms with Gasteiger partial charge in [-0.05, 0) is 30.2 Å². The molecule has 152 valence electrons. The Bertz CT molecular complexity index is 992. The van der Waals surface area contributed by atoms with E-state index >= 15 is 0 Å². The minimum Gasteiger partial charge on any atom is -0.461 e. The molecule has 3 rings (SSSR count). The quantitative estimate of drug-likeness (QED) is 0.601. The molecule has 0 saturated heterocycles. The van der Waals surface area contributed by atoms with E-state index in [0.717, 1.165) is 47.1 Å². The Morgan fingerprint density at radius 3 is 2.52 bits per heavy atom. The Morgan fingerprint density at radius 1 is 1.10 bits per heavy atom. The van der Waals surface area contributed by atoms with Crippen LogP contribution in [-0.2, 0) is 19.5 Å². The summed E-state index contributed by atoms with van der Waals surface area (Å²) in [6.45, 7) is 2.97. The molecule has 1 heterocycles. The number of benzene rings is 2. The first-order chi connectivity index (χ1) is 14.0. The Balaban J connectivity index is 1.76. The van der Waals surface area contributed by atoms with Crippen LogP contribution in [0, 0.1) is 0 Å². The van der Waals surface area contributed by atoms with Crippen LogP contribution >= 0.6 is 0 Å². The van der Waals surface area contributed by atoms with E-state index in [1.165, 1.54) is 0 Å². The SMILES string of the molecule is CCCCc1oc2ccccc2c1CN(C)C(=O)c1ccc(CNC(N)=O)cc1. The lowest BCUT2D eigenvalue weighted by Gasteiger charge is -2.18. The summed E-state index contributed by atoms with van der Waals surface area (Å²) in [6, 6.07) is 14.6. The number of aryl methyl sites for hydroxylation is 1. The van der Waals surface area contributed by atoms with Crippen molar-refractivity contribution < 1.29 is 14.0 Å². The second-order valence-corrected chi connectivity index (χ2v) is 7.18. The van der Waals surface area contributed by atoms with Crippen LogP contribution in [0.1, 0.15) is 47.0 Å². The highest BCUT2D eigenvalue weighted by atomic mass is 16.3. The molecule has 0 spiro atoms. The monoisotopic (exact) mass is 393 g/mol. The van der Waals surface area contributed by atoms with Gasteiger partial charge < -0.3 is 20.4 Å². The first-order valence-electron chi connectivity index (χ1n) is 9.86. The predicted octanol–water partition coefficient (Wildman–Crippen LogP) is 4.22. The summed E-state index contributed by atoms with van der Waals surface area (Å²) in [5.41, 5.74) is 8.50. The molecule has 0 bridgehead atoms. The third-order valence-electron chi connectivity index (χ3n) is 4.95. The lowest BCUT2D eigenvalue weighted by atomic mass is 10.1. The molecule has 29 heavy (non-hydrogen) atoms. The van der Waals surface area contributed by atoms with Gasteiger partial charge in [-0.25, -0.2) is 4.79 Å². The van der Waals surface area contributed by atoms with Gasteiger partial charge in [-0.15, -0.1) is 0 Å². The number of carbonyl (C=O) groups excluding carboxylic acids is 2. The molecule has 0 fully saturated rings. The van der Waals surface area contributed by atoms with Gasteiger partial charge in [0.05, 0.1) is 0 Å². The maximum absolute atomic E-state index is 12.9. The first kappa shape index (κ1) is 20.5. The molecule has 0 aliphatic carbocycles. The molecule has 1 aromatic heterocycles. The van der Waals surface area contributed by atoms with Crippen LogP contribution in [0.15, 0.2) is 52.9 Å². The number of unbranched alkanes of at least 4 members (excludes halogenated alkanes) is 1. The van der Waals surface area contributed by atoms with E-state index in [4.69, 9.17) is 10.2 Å². The Kier molecular flexibility index (Phi) is 6.54. The molecule has 6 heteroatoms. The number of nitrogens with zero attached hydrogens (tertiary/aromatic N) is 1. The number of furan rings is 1. The Hall–Kier alpha value is -3.28. The van der Waals surface area contributed by atoms with Crippen LogP contribution in [0.25, 0.3) is 11.0 Å². The number of amides is 3. The molecule has 0 aliphatic rings. The second kappa shape index (κ2) is 9.28. The number of hydrogen-bond acceptors (Lipinski definition) is 3. The lowest BCUT2D eigenvalue weighted by molar-refractivity contribution is 0.0785. The summed E-state index contributed by atoms with van der Waals surface area (Å²) in [7, 11) is 1.80. The van der Waals surface area contributed by atoms with Gasteiger partial charge in [-0.3, -0.25) is 4.79 Å². The van der Waals surface area contributed by atoms with Gasteiger partial charge in [0.1, 0.15) is 11.3 Å². The summed E-state index contributed by atoms with van der Waals surface area (Å²) < 4.78 is 6.07. The zero-order valence-electron chi connectivity index (χ0n) is 16.9. The van der Waals surface area contributed by atoms with E-state index in [0.29, 0.717) is 18.7 Å². The summed E-state index contributed by atoms with van der Waals surface area (Å²) in [6.07, 6.45) is 3.00. The highest BCUT2D eigenvalue weighted by Gasteiger charge is 2.19. The second-order valence-electron chi connectivity index (χ2n) is 7.18. The molecule has 0 aliphatic heterocycles. The van der Waals surface area contributed by atoms with Crippen molar-refractivity contribution in [3.63, 3.8) is 0 Å². The van der Waals surface area contributed by atoms with Crippen LogP contribution in [-0.4, -0.2) is 23.9 Å². The molecule has 2 aromatic carbocycles. The molecule has 0 atom stereocenters. The van der Waals surface area contributed by atoms with Gasteiger partial charge in [0.2, 0.25) is 0 Å². The molecule has 0 unspecified atom stereocenters. The van der Waals surface area contributed by atoms with E-state index in [1.807, 2.05) is 36.4 Å². The third-order valence-corrected chi connectivity index (χ3v) is 4.95. The van der Waals surface area contributed by atoms with Crippen LogP contribution in [0.4, 0.5) is 4.79 Å². The zero-order valence-corrected chi connectivity index (χ0v) is 16.9. The molecular formula is C23H27N3O3. The third kappa shape index (κ3) is 4.96. The number of urea groups is 1. The number of hydrogen-bond donors (Lipinski definition) is 2. The van der Waals surface area contributed by atoms with Crippen molar-refractivity contribution >= 4 is 22.9 Å².